The van der Waals surface area contributed by atoms with Crippen molar-refractivity contribution in [1.29, 1.82) is 0 Å². The van der Waals surface area contributed by atoms with Crippen LogP contribution in [0.25, 0.3) is 11.1 Å². The van der Waals surface area contributed by atoms with Crippen LogP contribution in [0.4, 0.5) is 0 Å². The van der Waals surface area contributed by atoms with Crippen molar-refractivity contribution in [2.75, 3.05) is 13.7 Å². The molecule has 1 N–H and O–H groups in total. The number of rotatable bonds is 5. The Morgan fingerprint density at radius 3 is 2.31 bits per heavy atom. The number of nitrogens with one attached hydrogen (secondary N) is 1. The molecule has 4 aliphatic rings. The quantitative estimate of drug-likeness (QED) is 0.563. The molecule has 0 atom stereocenters. The highest BCUT2D eigenvalue weighted by Crippen LogP contribution is 2.59. The van der Waals surface area contributed by atoms with Gasteiger partial charge in [-0.2, -0.15) is 0 Å². The normalized spacial score (nSPS) is 27.9. The summed E-state index contributed by atoms with van der Waals surface area (Å²) in [5, 5.41) is 3.64. The van der Waals surface area contributed by atoms with E-state index in [1.165, 1.54) is 45.6 Å². The Morgan fingerprint density at radius 1 is 1.03 bits per heavy atom. The molecule has 5 heteroatoms. The number of halogens is 1. The summed E-state index contributed by atoms with van der Waals surface area (Å²) in [5.74, 6) is 2.01. The molecule has 32 heavy (non-hydrogen) atoms. The van der Waals surface area contributed by atoms with Crippen LogP contribution in [0.5, 0.6) is 0 Å². The molecule has 4 aliphatic carbocycles. The summed E-state index contributed by atoms with van der Waals surface area (Å²) in [6.45, 7) is 2.68. The number of esters is 1. The minimum atomic E-state index is -0.397. The Morgan fingerprint density at radius 2 is 1.69 bits per heavy atom. The first-order chi connectivity index (χ1) is 15.4. The van der Waals surface area contributed by atoms with E-state index in [9.17, 15) is 9.59 Å². The summed E-state index contributed by atoms with van der Waals surface area (Å²) in [5.41, 5.74) is 3.69. The third-order valence-corrected chi connectivity index (χ3v) is 8.30. The van der Waals surface area contributed by atoms with Gasteiger partial charge in [-0.25, -0.2) is 4.79 Å². The van der Waals surface area contributed by atoms with E-state index in [4.69, 9.17) is 16.3 Å². The van der Waals surface area contributed by atoms with E-state index in [1.807, 2.05) is 25.1 Å². The van der Waals surface area contributed by atoms with Crippen LogP contribution < -0.4 is 5.32 Å². The molecule has 6 rings (SSSR count). The van der Waals surface area contributed by atoms with Crippen LogP contribution in [-0.2, 0) is 4.74 Å². The van der Waals surface area contributed by atoms with Crippen molar-refractivity contribution in [3.63, 3.8) is 0 Å². The summed E-state index contributed by atoms with van der Waals surface area (Å²) in [6, 6.07) is 10.9. The molecule has 0 heterocycles. The molecule has 2 aromatic rings. The van der Waals surface area contributed by atoms with Crippen LogP contribution in [0.3, 0.4) is 0 Å². The first-order valence-corrected chi connectivity index (χ1v) is 12.0. The number of benzene rings is 2. The summed E-state index contributed by atoms with van der Waals surface area (Å²) in [4.78, 5) is 25.5. The molecule has 4 fully saturated rings. The predicted molar refractivity (Wildman–Crippen MR) is 126 cm³/mol. The topological polar surface area (TPSA) is 55.4 Å². The second-order valence-electron chi connectivity index (χ2n) is 10.3. The number of ether oxygens (including phenoxy) is 1. The van der Waals surface area contributed by atoms with Crippen LogP contribution in [-0.4, -0.2) is 25.5 Å². The van der Waals surface area contributed by atoms with Crippen molar-refractivity contribution in [3.8, 4) is 11.1 Å². The van der Waals surface area contributed by atoms with Gasteiger partial charge in [-0.15, -0.1) is 0 Å². The van der Waals surface area contributed by atoms with Crippen molar-refractivity contribution >= 4 is 23.5 Å². The van der Waals surface area contributed by atoms with E-state index in [0.717, 1.165) is 41.0 Å². The molecule has 1 amide bonds. The van der Waals surface area contributed by atoms with E-state index in [2.05, 4.69) is 5.32 Å². The maximum atomic E-state index is 13.2. The monoisotopic (exact) mass is 451 g/mol. The van der Waals surface area contributed by atoms with Gasteiger partial charge in [-0.05, 0) is 104 Å². The highest BCUT2D eigenvalue weighted by molar-refractivity contribution is 6.34. The zero-order chi connectivity index (χ0) is 22.5. The molecule has 4 nitrogen and oxygen atoms in total. The lowest BCUT2D eigenvalue weighted by Crippen LogP contribution is -2.51. The Labute approximate surface area is 194 Å². The van der Waals surface area contributed by atoms with Crippen molar-refractivity contribution in [2.24, 2.45) is 23.2 Å². The van der Waals surface area contributed by atoms with Gasteiger partial charge in [0.05, 0.1) is 23.3 Å². The average molecular weight is 452 g/mol. The molecular weight excluding hydrogens is 422 g/mol. The van der Waals surface area contributed by atoms with Gasteiger partial charge in [0, 0.05) is 6.54 Å². The van der Waals surface area contributed by atoms with E-state index in [1.54, 1.807) is 18.2 Å². The fraction of sp³-hybridized carbons (Fsp3) is 0.481. The molecule has 4 saturated carbocycles. The highest BCUT2D eigenvalue weighted by Gasteiger charge is 2.50. The summed E-state index contributed by atoms with van der Waals surface area (Å²) >= 11 is 6.45. The summed E-state index contributed by atoms with van der Waals surface area (Å²) in [6.07, 6.45) is 7.91. The van der Waals surface area contributed by atoms with E-state index < -0.39 is 5.97 Å². The number of carbonyl (C=O) groups excluding carboxylic acids is 2. The van der Waals surface area contributed by atoms with Crippen LogP contribution >= 0.6 is 11.6 Å². The number of hydrogen-bond donors (Lipinski definition) is 1. The molecule has 0 unspecified atom stereocenters. The molecule has 0 spiro atoms. The molecule has 4 bridgehead atoms. The molecule has 0 saturated heterocycles. The Bertz CT molecular complexity index is 1040. The van der Waals surface area contributed by atoms with E-state index >= 15 is 0 Å². The van der Waals surface area contributed by atoms with Gasteiger partial charge in [0.25, 0.3) is 5.91 Å². The van der Waals surface area contributed by atoms with Crippen molar-refractivity contribution in [2.45, 2.75) is 45.4 Å². The Kier molecular flexibility index (Phi) is 5.53. The number of carbonyl (C=O) groups is 2. The number of methoxy groups -OCH3 is 1. The van der Waals surface area contributed by atoms with E-state index in [0.29, 0.717) is 16.1 Å². The largest absolute Gasteiger partial charge is 0.465 e. The first-order valence-electron chi connectivity index (χ1n) is 11.6. The highest BCUT2D eigenvalue weighted by atomic mass is 35.5. The number of hydrogen-bond acceptors (Lipinski definition) is 3. The van der Waals surface area contributed by atoms with Crippen molar-refractivity contribution in [3.05, 3.63) is 58.1 Å². The molecule has 2 aromatic carbocycles. The first kappa shape index (κ1) is 21.5. The third kappa shape index (κ3) is 3.83. The predicted octanol–water partition coefficient (Wildman–Crippen LogP) is 6.05. The standard InChI is InChI=1S/C27H30ClNO3/c1-16-4-3-5-21(26(31)32-2)24(16)20-6-7-23(28)22(11-20)25(30)29-15-27-12-17-8-18(13-27)10-19(9-17)14-27/h3-7,11,17-19H,8-10,12-15H2,1-2H3,(H,29,30). The minimum Gasteiger partial charge on any atom is -0.465 e. The fourth-order valence-electron chi connectivity index (χ4n) is 7.06. The van der Waals surface area contributed by atoms with Crippen molar-refractivity contribution < 1.29 is 14.3 Å². The maximum Gasteiger partial charge on any atom is 0.338 e. The SMILES string of the molecule is COC(=O)c1cccc(C)c1-c1ccc(Cl)c(C(=O)NCC23CC4CC(CC(C4)C2)C3)c1. The summed E-state index contributed by atoms with van der Waals surface area (Å²) < 4.78 is 4.97. The fourth-order valence-corrected chi connectivity index (χ4v) is 7.26. The van der Waals surface area contributed by atoms with Gasteiger partial charge in [-0.1, -0.05) is 29.8 Å². The smallest absolute Gasteiger partial charge is 0.338 e. The van der Waals surface area contributed by atoms with Gasteiger partial charge in [0.15, 0.2) is 0 Å². The lowest BCUT2D eigenvalue weighted by molar-refractivity contribution is -0.0503. The van der Waals surface area contributed by atoms with Gasteiger partial charge in [0.2, 0.25) is 0 Å². The lowest BCUT2D eigenvalue weighted by atomic mass is 9.49. The van der Waals surface area contributed by atoms with Gasteiger partial charge in [-0.3, -0.25) is 4.79 Å². The van der Waals surface area contributed by atoms with Crippen LogP contribution in [0.2, 0.25) is 5.02 Å². The molecular formula is C27H30ClNO3. The van der Waals surface area contributed by atoms with Gasteiger partial charge in [0.1, 0.15) is 0 Å². The second-order valence-corrected chi connectivity index (χ2v) is 10.7. The number of aryl methyl sites for hydroxylation is 1. The van der Waals surface area contributed by atoms with Crippen LogP contribution in [0.1, 0.15) is 64.8 Å². The third-order valence-electron chi connectivity index (χ3n) is 7.97. The lowest BCUT2D eigenvalue weighted by Gasteiger charge is -2.56. The second kappa shape index (κ2) is 8.22. The zero-order valence-electron chi connectivity index (χ0n) is 18.7. The maximum absolute atomic E-state index is 13.2. The molecule has 168 valence electrons. The molecule has 0 radical (unpaired) electrons. The van der Waals surface area contributed by atoms with Gasteiger partial charge >= 0.3 is 5.97 Å². The zero-order valence-corrected chi connectivity index (χ0v) is 19.5. The summed E-state index contributed by atoms with van der Waals surface area (Å²) in [7, 11) is 1.37. The Balaban J connectivity index is 1.39. The molecule has 0 aliphatic heterocycles. The number of amides is 1. The minimum absolute atomic E-state index is 0.138. The van der Waals surface area contributed by atoms with Crippen LogP contribution in [0, 0.1) is 30.1 Å². The van der Waals surface area contributed by atoms with Gasteiger partial charge < -0.3 is 10.1 Å². The Hall–Kier alpha value is -2.33. The van der Waals surface area contributed by atoms with E-state index in [-0.39, 0.29) is 11.3 Å². The van der Waals surface area contributed by atoms with Crippen molar-refractivity contribution in [1.82, 2.24) is 5.32 Å². The van der Waals surface area contributed by atoms with Crippen LogP contribution in [0.15, 0.2) is 36.4 Å². The average Bonchev–Trinajstić information content (AvgIpc) is 2.76. The molecule has 0 aromatic heterocycles.